The quantitative estimate of drug-likeness (QED) is 0.171. The van der Waals surface area contributed by atoms with Crippen LogP contribution in [0.5, 0.6) is 5.75 Å². The van der Waals surface area contributed by atoms with Gasteiger partial charge in [0.25, 0.3) is 0 Å². The molecule has 1 N–H and O–H groups in total. The summed E-state index contributed by atoms with van der Waals surface area (Å²) in [7, 11) is 3.11. The molecule has 5 aromatic rings. The van der Waals surface area contributed by atoms with Crippen molar-refractivity contribution in [3.8, 4) is 17.1 Å². The van der Waals surface area contributed by atoms with Crippen LogP contribution < -0.4 is 10.1 Å². The molecular weight excluding hydrogens is 563 g/mol. The highest BCUT2D eigenvalue weighted by atomic mass is 35.5. The number of benzene rings is 3. The summed E-state index contributed by atoms with van der Waals surface area (Å²) in [6.45, 7) is 0.200. The fourth-order valence-corrected chi connectivity index (χ4v) is 5.34. The molecule has 0 bridgehead atoms. The van der Waals surface area contributed by atoms with E-state index in [1.165, 1.54) is 18.5 Å². The van der Waals surface area contributed by atoms with Crippen LogP contribution in [0.2, 0.25) is 5.02 Å². The van der Waals surface area contributed by atoms with E-state index in [0.29, 0.717) is 27.9 Å². The van der Waals surface area contributed by atoms with Gasteiger partial charge in [-0.05, 0) is 86.7 Å². The first-order valence-electron chi connectivity index (χ1n) is 13.0. The average Bonchev–Trinajstić information content (AvgIpc) is 3.42. The second kappa shape index (κ2) is 12.8. The lowest BCUT2D eigenvalue weighted by Gasteiger charge is -2.21. The molecule has 2 heterocycles. The molecule has 41 heavy (non-hydrogen) atoms. The van der Waals surface area contributed by atoms with Gasteiger partial charge in [0.05, 0.1) is 16.6 Å². The summed E-state index contributed by atoms with van der Waals surface area (Å²) in [6.07, 6.45) is 3.96. The fraction of sp³-hybridized carbons (Fsp3) is 0.226. The molecule has 0 saturated heterocycles. The maximum atomic E-state index is 13.5. The minimum atomic E-state index is -0.871. The molecule has 0 amide bonds. The topological polar surface area (TPSA) is 80.5 Å². The Kier molecular flexibility index (Phi) is 8.97. The molecule has 0 aliphatic rings. The highest BCUT2D eigenvalue weighted by Crippen LogP contribution is 2.34. The van der Waals surface area contributed by atoms with Gasteiger partial charge in [-0.2, -0.15) is 0 Å². The van der Waals surface area contributed by atoms with Crippen molar-refractivity contribution in [1.29, 1.82) is 0 Å². The zero-order valence-corrected chi connectivity index (χ0v) is 24.5. The lowest BCUT2D eigenvalue weighted by atomic mass is 10.1. The van der Waals surface area contributed by atoms with E-state index in [4.69, 9.17) is 20.8 Å². The van der Waals surface area contributed by atoms with Crippen molar-refractivity contribution < 1.29 is 17.8 Å². The molecule has 7 nitrogen and oxygen atoms in total. The van der Waals surface area contributed by atoms with Gasteiger partial charge in [-0.3, -0.25) is 9.11 Å². The van der Waals surface area contributed by atoms with Crippen molar-refractivity contribution in [3.05, 3.63) is 101 Å². The molecule has 0 aliphatic carbocycles. The summed E-state index contributed by atoms with van der Waals surface area (Å²) in [5, 5.41) is 4.56. The van der Waals surface area contributed by atoms with Gasteiger partial charge in [-0.1, -0.05) is 23.7 Å². The van der Waals surface area contributed by atoms with Crippen molar-refractivity contribution >= 4 is 44.8 Å². The zero-order valence-electron chi connectivity index (χ0n) is 22.9. The summed E-state index contributed by atoms with van der Waals surface area (Å²) < 4.78 is 37.2. The van der Waals surface area contributed by atoms with Crippen molar-refractivity contribution in [2.75, 3.05) is 31.4 Å². The maximum absolute atomic E-state index is 13.5. The Hall–Kier alpha value is -3.79. The Bertz CT molecular complexity index is 1690. The second-order valence-electron chi connectivity index (χ2n) is 9.89. The number of fused-ring (bicyclic) bond motifs is 1. The Labute approximate surface area is 245 Å². The minimum absolute atomic E-state index is 0.0271. The standard InChI is InChI=1S/C31H30ClFN4O3S/c1-37(2)27(13-14-41(3)38)30-12-11-28(40-30)21-7-9-26-24(16-21)31(35-19-34-26)36-23-8-10-29(25(32)17-23)39-18-20-5-4-6-22(33)15-20/h4-12,15-17,19,27H,13-14,18H2,1-3H3,(H,34,35,36). The van der Waals surface area contributed by atoms with E-state index in [1.807, 2.05) is 50.5 Å². The van der Waals surface area contributed by atoms with Crippen LogP contribution in [-0.2, 0) is 17.4 Å². The molecule has 2 atom stereocenters. The normalized spacial score (nSPS) is 12.9. The number of rotatable bonds is 11. The number of aromatic nitrogens is 2. The Morgan fingerprint density at radius 3 is 2.68 bits per heavy atom. The highest BCUT2D eigenvalue weighted by molar-refractivity contribution is 7.84. The number of nitrogens with zero attached hydrogens (tertiary/aromatic N) is 3. The van der Waals surface area contributed by atoms with E-state index in [2.05, 4.69) is 20.2 Å². The number of halogens is 2. The van der Waals surface area contributed by atoms with Gasteiger partial charge in [-0.15, -0.1) is 0 Å². The largest absolute Gasteiger partial charge is 0.487 e. The lowest BCUT2D eigenvalue weighted by Crippen LogP contribution is -2.21. The van der Waals surface area contributed by atoms with Gasteiger partial charge < -0.3 is 14.5 Å². The van der Waals surface area contributed by atoms with Crippen LogP contribution in [-0.4, -0.2) is 45.2 Å². The van der Waals surface area contributed by atoms with Gasteiger partial charge in [0.1, 0.15) is 41.8 Å². The molecule has 10 heteroatoms. The van der Waals surface area contributed by atoms with E-state index in [0.717, 1.165) is 40.1 Å². The van der Waals surface area contributed by atoms with Crippen LogP contribution in [0.4, 0.5) is 15.9 Å². The number of furan rings is 1. The molecule has 3 aromatic carbocycles. The predicted octanol–water partition coefficient (Wildman–Crippen LogP) is 7.38. The summed E-state index contributed by atoms with van der Waals surface area (Å²) >= 11 is 6.50. The molecular formula is C31H30ClFN4O3S. The van der Waals surface area contributed by atoms with Crippen LogP contribution in [0.3, 0.4) is 0 Å². The lowest BCUT2D eigenvalue weighted by molar-refractivity contribution is 0.254. The SMILES string of the molecule is CN(C)C(CCS(C)=O)c1ccc(-c2ccc3ncnc(Nc4ccc(OCc5cccc(F)c5)c(Cl)c4)c3c2)o1. The molecule has 2 unspecified atom stereocenters. The third-order valence-electron chi connectivity index (χ3n) is 6.66. The van der Waals surface area contributed by atoms with Crippen LogP contribution in [0.15, 0.2) is 83.5 Å². The Morgan fingerprint density at radius 2 is 1.93 bits per heavy atom. The Balaban J connectivity index is 1.35. The number of nitrogens with one attached hydrogen (secondary N) is 1. The van der Waals surface area contributed by atoms with Crippen LogP contribution in [0.1, 0.15) is 23.8 Å². The van der Waals surface area contributed by atoms with E-state index in [9.17, 15) is 8.60 Å². The van der Waals surface area contributed by atoms with Crippen LogP contribution >= 0.6 is 11.6 Å². The number of hydrogen-bond acceptors (Lipinski definition) is 7. The van der Waals surface area contributed by atoms with Gasteiger partial charge in [-0.25, -0.2) is 14.4 Å². The molecule has 0 saturated carbocycles. The van der Waals surface area contributed by atoms with E-state index >= 15 is 0 Å². The third-order valence-corrected chi connectivity index (χ3v) is 7.76. The molecule has 0 radical (unpaired) electrons. The van der Waals surface area contributed by atoms with Gasteiger partial charge in [0.15, 0.2) is 0 Å². The summed E-state index contributed by atoms with van der Waals surface area (Å²) in [4.78, 5) is 11.0. The van der Waals surface area contributed by atoms with Crippen molar-refractivity contribution in [1.82, 2.24) is 14.9 Å². The van der Waals surface area contributed by atoms with Crippen molar-refractivity contribution in [3.63, 3.8) is 0 Å². The molecule has 0 aliphatic heterocycles. The summed E-state index contributed by atoms with van der Waals surface area (Å²) in [5.74, 6) is 2.95. The van der Waals surface area contributed by atoms with E-state index in [1.54, 1.807) is 30.5 Å². The first-order chi connectivity index (χ1) is 19.8. The average molecular weight is 593 g/mol. The molecule has 0 spiro atoms. The Morgan fingerprint density at radius 1 is 1.07 bits per heavy atom. The van der Waals surface area contributed by atoms with E-state index < -0.39 is 10.8 Å². The molecule has 212 valence electrons. The van der Waals surface area contributed by atoms with Crippen LogP contribution in [0, 0.1) is 5.82 Å². The highest BCUT2D eigenvalue weighted by Gasteiger charge is 2.19. The first-order valence-corrected chi connectivity index (χ1v) is 15.1. The smallest absolute Gasteiger partial charge is 0.141 e. The minimum Gasteiger partial charge on any atom is -0.487 e. The number of hydrogen-bond donors (Lipinski definition) is 1. The summed E-state index contributed by atoms with van der Waals surface area (Å²) in [6, 6.07) is 21.5. The monoisotopic (exact) mass is 592 g/mol. The predicted molar refractivity (Wildman–Crippen MR) is 163 cm³/mol. The first kappa shape index (κ1) is 28.7. The van der Waals surface area contributed by atoms with Crippen molar-refractivity contribution in [2.45, 2.75) is 19.1 Å². The molecule has 0 fully saturated rings. The third kappa shape index (κ3) is 7.11. The van der Waals surface area contributed by atoms with Gasteiger partial charge >= 0.3 is 0 Å². The number of ether oxygens (including phenoxy) is 1. The van der Waals surface area contributed by atoms with Crippen LogP contribution in [0.25, 0.3) is 22.2 Å². The molecule has 2 aromatic heterocycles. The zero-order chi connectivity index (χ0) is 28.9. The van der Waals surface area contributed by atoms with Crippen molar-refractivity contribution in [2.24, 2.45) is 0 Å². The fourth-order valence-electron chi connectivity index (χ4n) is 4.55. The van der Waals surface area contributed by atoms with Gasteiger partial charge in [0, 0.05) is 39.4 Å². The van der Waals surface area contributed by atoms with Gasteiger partial charge in [0.2, 0.25) is 0 Å². The second-order valence-corrected chi connectivity index (χ2v) is 11.9. The molecule has 5 rings (SSSR count). The maximum Gasteiger partial charge on any atom is 0.141 e. The van der Waals surface area contributed by atoms with E-state index in [-0.39, 0.29) is 18.5 Å². The number of anilines is 2. The summed E-state index contributed by atoms with van der Waals surface area (Å²) in [5.41, 5.74) is 3.10.